The molecule has 0 bridgehead atoms. The zero-order chi connectivity index (χ0) is 20.0. The van der Waals surface area contributed by atoms with E-state index in [2.05, 4.69) is 29.3 Å². The molecule has 150 valence electrons. The van der Waals surface area contributed by atoms with Crippen molar-refractivity contribution in [2.75, 3.05) is 12.4 Å². The number of benzene rings is 2. The van der Waals surface area contributed by atoms with Gasteiger partial charge in [0.05, 0.1) is 18.0 Å². The van der Waals surface area contributed by atoms with Crippen molar-refractivity contribution >= 4 is 28.3 Å². The summed E-state index contributed by atoms with van der Waals surface area (Å²) in [6.07, 6.45) is 7.11. The van der Waals surface area contributed by atoms with Gasteiger partial charge in [-0.3, -0.25) is 5.41 Å². The van der Waals surface area contributed by atoms with E-state index >= 15 is 0 Å². The monoisotopic (exact) mass is 398 g/mol. The fraction of sp³-hybridized carbons (Fsp3) is 0.409. The molecule has 2 aromatic rings. The third-order valence-corrected chi connectivity index (χ3v) is 4.99. The highest BCUT2D eigenvalue weighted by Gasteiger charge is 1.98. The number of rotatable bonds is 12. The number of azo groups is 1. The Morgan fingerprint density at radius 3 is 2.18 bits per heavy atom. The fourth-order valence-corrected chi connectivity index (χ4v) is 3.12. The lowest BCUT2D eigenvalue weighted by Gasteiger charge is -2.05. The highest BCUT2D eigenvalue weighted by atomic mass is 32.2. The maximum atomic E-state index is 7.15. The van der Waals surface area contributed by atoms with Crippen LogP contribution in [0.1, 0.15) is 44.6 Å². The second-order valence-electron chi connectivity index (χ2n) is 6.59. The molecule has 0 aliphatic heterocycles. The number of aryl methyl sites for hydroxylation is 1. The van der Waals surface area contributed by atoms with Crippen LogP contribution in [0.5, 0.6) is 5.75 Å². The summed E-state index contributed by atoms with van der Waals surface area (Å²) in [6, 6.07) is 15.9. The van der Waals surface area contributed by atoms with Crippen LogP contribution in [0.3, 0.4) is 0 Å². The van der Waals surface area contributed by atoms with Crippen LogP contribution in [0.25, 0.3) is 0 Å². The molecule has 2 aromatic carbocycles. The van der Waals surface area contributed by atoms with Crippen LogP contribution >= 0.6 is 11.8 Å². The van der Waals surface area contributed by atoms with Crippen molar-refractivity contribution < 1.29 is 4.74 Å². The number of nitrogens with zero attached hydrogens (tertiary/aromatic N) is 2. The molecule has 2 rings (SSSR count). The number of amidine groups is 1. The number of hydrogen-bond donors (Lipinski definition) is 2. The standard InChI is InChI=1S/C22H30N4OS/c1-2-3-4-5-7-18-8-10-19(11-9-18)25-26-20-12-14-21(15-13-20)27-16-6-17-28-22(23)24/h8-15H,2-7,16-17H2,1H3,(H3,23,24). The second kappa shape index (κ2) is 12.9. The van der Waals surface area contributed by atoms with Gasteiger partial charge in [-0.05, 0) is 61.2 Å². The minimum atomic E-state index is 0.149. The summed E-state index contributed by atoms with van der Waals surface area (Å²) < 4.78 is 5.67. The SMILES string of the molecule is CCCCCCc1ccc(N=Nc2ccc(OCCCSC(=N)N)cc2)cc1. The molecule has 0 amide bonds. The van der Waals surface area contributed by atoms with Crippen molar-refractivity contribution in [1.82, 2.24) is 0 Å². The van der Waals surface area contributed by atoms with Crippen molar-refractivity contribution in [3.63, 3.8) is 0 Å². The zero-order valence-corrected chi connectivity index (χ0v) is 17.4. The van der Waals surface area contributed by atoms with Crippen LogP contribution in [-0.4, -0.2) is 17.5 Å². The first-order valence-corrected chi connectivity index (χ1v) is 10.9. The number of thioether (sulfide) groups is 1. The van der Waals surface area contributed by atoms with Gasteiger partial charge in [0.1, 0.15) is 5.75 Å². The first-order valence-electron chi connectivity index (χ1n) is 9.87. The molecule has 5 nitrogen and oxygen atoms in total. The first-order chi connectivity index (χ1) is 13.7. The Labute approximate surface area is 172 Å². The van der Waals surface area contributed by atoms with Crippen molar-refractivity contribution in [1.29, 1.82) is 5.41 Å². The number of hydrogen-bond acceptors (Lipinski definition) is 5. The average Bonchev–Trinajstić information content (AvgIpc) is 2.71. The third-order valence-electron chi connectivity index (χ3n) is 4.19. The molecule has 0 fully saturated rings. The van der Waals surface area contributed by atoms with Gasteiger partial charge in [-0.15, -0.1) is 0 Å². The van der Waals surface area contributed by atoms with Crippen molar-refractivity contribution in [3.05, 3.63) is 54.1 Å². The lowest BCUT2D eigenvalue weighted by atomic mass is 10.1. The van der Waals surface area contributed by atoms with Gasteiger partial charge in [0.2, 0.25) is 0 Å². The van der Waals surface area contributed by atoms with Gasteiger partial charge in [-0.2, -0.15) is 10.2 Å². The first kappa shape index (κ1) is 22.0. The van der Waals surface area contributed by atoms with E-state index < -0.39 is 0 Å². The summed E-state index contributed by atoms with van der Waals surface area (Å²) in [6.45, 7) is 2.84. The lowest BCUT2D eigenvalue weighted by Crippen LogP contribution is -2.06. The highest BCUT2D eigenvalue weighted by molar-refractivity contribution is 8.13. The van der Waals surface area contributed by atoms with Crippen LogP contribution in [0.4, 0.5) is 11.4 Å². The quantitative estimate of drug-likeness (QED) is 0.182. The summed E-state index contributed by atoms with van der Waals surface area (Å²) in [5, 5.41) is 15.9. The molecule has 6 heteroatoms. The summed E-state index contributed by atoms with van der Waals surface area (Å²) >= 11 is 1.33. The van der Waals surface area contributed by atoms with Gasteiger partial charge in [-0.1, -0.05) is 50.1 Å². The zero-order valence-electron chi connectivity index (χ0n) is 16.6. The Balaban J connectivity index is 1.75. The topological polar surface area (TPSA) is 83.8 Å². The molecule has 0 aliphatic carbocycles. The molecule has 0 radical (unpaired) electrons. The molecule has 0 heterocycles. The van der Waals surface area contributed by atoms with E-state index in [0.717, 1.165) is 35.7 Å². The number of nitrogens with two attached hydrogens (primary N) is 1. The van der Waals surface area contributed by atoms with Crippen molar-refractivity contribution in [3.8, 4) is 5.75 Å². The Morgan fingerprint density at radius 1 is 0.929 bits per heavy atom. The van der Waals surface area contributed by atoms with Crippen LogP contribution in [-0.2, 0) is 6.42 Å². The molecule has 0 aromatic heterocycles. The third kappa shape index (κ3) is 9.04. The van der Waals surface area contributed by atoms with Crippen LogP contribution in [0.2, 0.25) is 0 Å². The Bertz CT molecular complexity index is 729. The number of unbranched alkanes of at least 4 members (excludes halogenated alkanes) is 3. The predicted octanol–water partition coefficient (Wildman–Crippen LogP) is 6.62. The van der Waals surface area contributed by atoms with Crippen LogP contribution in [0.15, 0.2) is 58.8 Å². The van der Waals surface area contributed by atoms with E-state index in [1.54, 1.807) is 0 Å². The molecule has 0 aliphatic rings. The van der Waals surface area contributed by atoms with Crippen LogP contribution < -0.4 is 10.5 Å². The van der Waals surface area contributed by atoms with E-state index in [9.17, 15) is 0 Å². The maximum absolute atomic E-state index is 7.15. The lowest BCUT2D eigenvalue weighted by molar-refractivity contribution is 0.319. The van der Waals surface area contributed by atoms with Gasteiger partial charge in [-0.25, -0.2) is 0 Å². The summed E-state index contributed by atoms with van der Waals surface area (Å²) in [5.41, 5.74) is 8.31. The molecule has 0 saturated carbocycles. The van der Waals surface area contributed by atoms with E-state index in [0.29, 0.717) is 6.61 Å². The molecule has 0 unspecified atom stereocenters. The molecular formula is C22H30N4OS. The highest BCUT2D eigenvalue weighted by Crippen LogP contribution is 2.22. The minimum Gasteiger partial charge on any atom is -0.494 e. The van der Waals surface area contributed by atoms with E-state index in [4.69, 9.17) is 15.9 Å². The Kier molecular flexibility index (Phi) is 10.1. The fourth-order valence-electron chi connectivity index (χ4n) is 2.64. The smallest absolute Gasteiger partial charge is 0.151 e. The largest absolute Gasteiger partial charge is 0.494 e. The predicted molar refractivity (Wildman–Crippen MR) is 119 cm³/mol. The van der Waals surface area contributed by atoms with Gasteiger partial charge >= 0.3 is 0 Å². The van der Waals surface area contributed by atoms with Gasteiger partial charge in [0.15, 0.2) is 5.17 Å². The maximum Gasteiger partial charge on any atom is 0.151 e. The molecule has 28 heavy (non-hydrogen) atoms. The molecule has 0 atom stereocenters. The molecule has 3 N–H and O–H groups in total. The summed E-state index contributed by atoms with van der Waals surface area (Å²) in [7, 11) is 0. The van der Waals surface area contributed by atoms with Gasteiger partial charge < -0.3 is 10.5 Å². The Hall–Kier alpha value is -2.34. The normalized spacial score (nSPS) is 11.0. The number of ether oxygens (including phenoxy) is 1. The second-order valence-corrected chi connectivity index (χ2v) is 7.72. The average molecular weight is 399 g/mol. The van der Waals surface area contributed by atoms with Gasteiger partial charge in [0.25, 0.3) is 0 Å². The number of nitrogens with one attached hydrogen (secondary N) is 1. The molecule has 0 spiro atoms. The van der Waals surface area contributed by atoms with E-state index in [1.807, 2.05) is 36.4 Å². The van der Waals surface area contributed by atoms with Crippen molar-refractivity contribution in [2.24, 2.45) is 16.0 Å². The van der Waals surface area contributed by atoms with Crippen LogP contribution in [0, 0.1) is 5.41 Å². The summed E-state index contributed by atoms with van der Waals surface area (Å²) in [5.74, 6) is 1.60. The summed E-state index contributed by atoms with van der Waals surface area (Å²) in [4.78, 5) is 0. The molecule has 0 saturated heterocycles. The molecular weight excluding hydrogens is 368 g/mol. The van der Waals surface area contributed by atoms with E-state index in [1.165, 1.54) is 43.0 Å². The van der Waals surface area contributed by atoms with Gasteiger partial charge in [0, 0.05) is 5.75 Å². The Morgan fingerprint density at radius 2 is 1.57 bits per heavy atom. The minimum absolute atomic E-state index is 0.149. The van der Waals surface area contributed by atoms with E-state index in [-0.39, 0.29) is 5.17 Å². The van der Waals surface area contributed by atoms with Crippen molar-refractivity contribution in [2.45, 2.75) is 45.4 Å².